The number of para-hydroxylation sites is 2. The Morgan fingerprint density at radius 3 is 1.49 bits per heavy atom. The van der Waals surface area contributed by atoms with Gasteiger partial charge in [0.2, 0.25) is 12.3 Å². The molecule has 0 aliphatic heterocycles. The van der Waals surface area contributed by atoms with Crippen LogP contribution >= 0.6 is 31.9 Å². The molecule has 12 aromatic rings. The number of rotatable bonds is 11. The van der Waals surface area contributed by atoms with Crippen LogP contribution in [-0.4, -0.2) is 40.7 Å². The summed E-state index contributed by atoms with van der Waals surface area (Å²) in [4.78, 5) is 39.1. The van der Waals surface area contributed by atoms with Crippen molar-refractivity contribution in [3.05, 3.63) is 243 Å². The van der Waals surface area contributed by atoms with Crippen molar-refractivity contribution in [2.75, 3.05) is 14.2 Å². The molecule has 0 saturated heterocycles. The Morgan fingerprint density at radius 2 is 0.957 bits per heavy atom. The Morgan fingerprint density at radius 1 is 0.467 bits per heavy atom. The van der Waals surface area contributed by atoms with Crippen molar-refractivity contribution in [1.82, 2.24) is 15.0 Å². The van der Waals surface area contributed by atoms with Gasteiger partial charge in [0, 0.05) is 39.2 Å². The van der Waals surface area contributed by atoms with Gasteiger partial charge in [0.05, 0.1) is 36.9 Å². The Bertz CT molecular complexity index is 4650. The van der Waals surface area contributed by atoms with Gasteiger partial charge in [-0.1, -0.05) is 180 Å². The number of carbonyl (C=O) groups excluding carboxylic acids is 2. The van der Waals surface area contributed by atoms with Crippen LogP contribution in [0.25, 0.3) is 83.7 Å². The van der Waals surface area contributed by atoms with E-state index in [4.69, 9.17) is 28.3 Å². The highest BCUT2D eigenvalue weighted by Crippen LogP contribution is 2.42. The fraction of sp³-hybridized carbons (Fsp3) is 0.241. The predicted molar refractivity (Wildman–Crippen MR) is 378 cm³/mol. The molecule has 0 aliphatic rings. The van der Waals surface area contributed by atoms with E-state index in [1.807, 2.05) is 114 Å². The molecule has 12 rings (SSSR count). The third-order valence-electron chi connectivity index (χ3n) is 16.0. The fourth-order valence-electron chi connectivity index (χ4n) is 10.6. The van der Waals surface area contributed by atoms with Gasteiger partial charge in [-0.05, 0) is 171 Å². The Labute approximate surface area is 573 Å². The average molecular weight is 1470 g/mol. The first-order valence-corrected chi connectivity index (χ1v) is 32.0. The van der Waals surface area contributed by atoms with Crippen LogP contribution in [0.4, 0.5) is 0 Å². The van der Waals surface area contributed by atoms with E-state index in [-0.39, 0.29) is 57.2 Å². The molecule has 6 aromatic carbocycles. The fourth-order valence-corrected chi connectivity index (χ4v) is 11.3. The number of fused-ring (bicyclic) bond motifs is 6. The molecule has 0 spiro atoms. The molecule has 470 valence electrons. The van der Waals surface area contributed by atoms with Crippen LogP contribution in [0.1, 0.15) is 132 Å². The van der Waals surface area contributed by atoms with E-state index < -0.39 is 0 Å². The number of pyridine rings is 4. The zero-order chi connectivity index (χ0) is 65.2. The number of aromatic nitrogens is 4. The maximum Gasteiger partial charge on any atom is 0.245 e. The molecule has 0 fully saturated rings. The monoisotopic (exact) mass is 1460 g/mol. The average Bonchev–Trinajstić information content (AvgIpc) is 1.53. The predicted octanol–water partition coefficient (Wildman–Crippen LogP) is 17.8. The van der Waals surface area contributed by atoms with Gasteiger partial charge in [0.1, 0.15) is 48.7 Å². The summed E-state index contributed by atoms with van der Waals surface area (Å²) >= 11 is 6.79. The van der Waals surface area contributed by atoms with Crippen LogP contribution < -0.4 is 38.0 Å². The Kier molecular flexibility index (Phi) is 20.8. The normalized spacial score (nSPS) is 11.9. The van der Waals surface area contributed by atoms with Crippen molar-refractivity contribution < 1.29 is 56.4 Å². The quantitative estimate of drug-likeness (QED) is 0.0410. The Balaban J connectivity index is 0.000000177. The van der Waals surface area contributed by atoms with Crippen LogP contribution in [0.2, 0.25) is 0 Å². The van der Waals surface area contributed by atoms with E-state index in [1.165, 1.54) is 22.3 Å². The summed E-state index contributed by atoms with van der Waals surface area (Å²) in [6, 6.07) is 58.5. The summed E-state index contributed by atoms with van der Waals surface area (Å²) in [7, 11) is 3.29. The number of allylic oxidation sites excluding steroid dienone is 1. The molecule has 0 amide bonds. The number of carbonyl (C=O) groups is 2. The van der Waals surface area contributed by atoms with Crippen molar-refractivity contribution in [3.63, 3.8) is 0 Å². The van der Waals surface area contributed by atoms with Gasteiger partial charge in [0.25, 0.3) is 0 Å². The molecule has 13 heteroatoms. The number of Topliss-reactive ketones (excluding diaryl/α,β-unsaturated/α-hetero) is 1. The maximum atomic E-state index is 13.2. The van der Waals surface area contributed by atoms with E-state index in [2.05, 4.69) is 181 Å². The summed E-state index contributed by atoms with van der Waals surface area (Å²) in [6.07, 6.45) is 7.24. The molecule has 6 heterocycles. The van der Waals surface area contributed by atoms with Crippen LogP contribution in [0.3, 0.4) is 0 Å². The summed E-state index contributed by atoms with van der Waals surface area (Å²) < 4.78 is 27.0. The van der Waals surface area contributed by atoms with Gasteiger partial charge in [0.15, 0.2) is 18.2 Å². The lowest BCUT2D eigenvalue weighted by atomic mass is 9.79. The van der Waals surface area contributed by atoms with E-state index in [9.17, 15) is 9.59 Å². The number of ketones is 2. The first-order valence-electron chi connectivity index (χ1n) is 30.4. The van der Waals surface area contributed by atoms with Crippen molar-refractivity contribution in [2.24, 2.45) is 0 Å². The molecule has 10 nitrogen and oxygen atoms in total. The molecule has 0 atom stereocenters. The zero-order valence-electron chi connectivity index (χ0n) is 54.6. The second kappa shape index (κ2) is 28.0. The number of furan rings is 2. The van der Waals surface area contributed by atoms with Gasteiger partial charge in [-0.25, -0.2) is 15.0 Å². The molecule has 0 saturated carbocycles. The summed E-state index contributed by atoms with van der Waals surface area (Å²) in [5.74, 6) is 1.17. The highest BCUT2D eigenvalue weighted by molar-refractivity contribution is 9.10. The molecule has 0 N–H and O–H groups in total. The number of hydrogen-bond donors (Lipinski definition) is 0. The third kappa shape index (κ3) is 16.0. The molecule has 92 heavy (non-hydrogen) atoms. The summed E-state index contributed by atoms with van der Waals surface area (Å²) in [5, 5.41) is 4.03. The summed E-state index contributed by atoms with van der Waals surface area (Å²) in [6.45, 7) is 27.2. The van der Waals surface area contributed by atoms with Gasteiger partial charge >= 0.3 is 0 Å². The van der Waals surface area contributed by atoms with Crippen molar-refractivity contribution >= 4 is 93.4 Å². The standard InChI is InChI=1S/C37H35BrN2O2.C30H32O3.C12H10BrN2O.HI/c1-36(2,3)24-15-22(16-25(19-24)37(4,5)6)23-17-30(39-31(18-23)29-12-10-14-35(38)40-29)28-21-34-27(20-33(28)41-7)26-11-8-9-13-32(26)42-34;1-29(2,3)20-14-19(15-21(16-20)30(4,5)6)12-13-25(31)24-18-28-23(17-27(24)32-7)22-10-8-9-11-26(22)33-28;13-12-6-4-5-10(14-12)11(16)9-15-7-2-1-3-8-15;/h8-21H,1-7H3;8-18H,1-7H3;1-8H,9H2;1H/q;;+1;/p-1/b;13-12+;;. The van der Waals surface area contributed by atoms with Crippen LogP contribution in [0.15, 0.2) is 212 Å². The number of methoxy groups -OCH3 is 2. The molecule has 0 bridgehead atoms. The SMILES string of the molecule is COc1cc2c(cc1-c1cc(-c3cc(C(C)(C)C)cc(C(C)(C)C)c3)cc(-c3cccc(Br)n3)n1)oc1ccccc12.COc1cc2c(cc1C(=O)/C=C/c1cc(C(C)(C)C)cc(C(C)(C)C)c1)oc1ccccc12.O=C(C[n+]1ccccc1)c1cccc(Br)n1.[I-]. The zero-order valence-corrected chi connectivity index (χ0v) is 60.0. The number of nitrogens with zero attached hydrogens (tertiary/aromatic N) is 4. The molecule has 0 aliphatic carbocycles. The second-order valence-electron chi connectivity index (χ2n) is 26.9. The lowest BCUT2D eigenvalue weighted by Crippen LogP contribution is -3.00. The molecule has 0 unspecified atom stereocenters. The molecule has 0 radical (unpaired) electrons. The molecular weight excluding hydrogens is 1390 g/mol. The topological polar surface area (TPSA) is 121 Å². The number of halogens is 3. The maximum absolute atomic E-state index is 13.2. The smallest absolute Gasteiger partial charge is 0.245 e. The molecule has 6 aromatic heterocycles. The van der Waals surface area contributed by atoms with Gasteiger partial charge in [-0.2, -0.15) is 4.57 Å². The van der Waals surface area contributed by atoms with Crippen LogP contribution in [-0.2, 0) is 28.2 Å². The highest BCUT2D eigenvalue weighted by atomic mass is 127. The minimum Gasteiger partial charge on any atom is -1.00 e. The minimum absolute atomic E-state index is 0. The van der Waals surface area contributed by atoms with Crippen molar-refractivity contribution in [3.8, 4) is 45.3 Å². The number of ether oxygens (including phenoxy) is 2. The highest BCUT2D eigenvalue weighted by Gasteiger charge is 2.25. The first-order chi connectivity index (χ1) is 43.1. The molecular formula is C79H77Br2IN4O6. The lowest BCUT2D eigenvalue weighted by Gasteiger charge is -2.26. The van der Waals surface area contributed by atoms with Crippen LogP contribution in [0.5, 0.6) is 11.5 Å². The van der Waals surface area contributed by atoms with Gasteiger partial charge in [-0.15, -0.1) is 0 Å². The van der Waals surface area contributed by atoms with Crippen molar-refractivity contribution in [1.29, 1.82) is 0 Å². The van der Waals surface area contributed by atoms with Gasteiger partial charge in [-0.3, -0.25) is 9.59 Å². The largest absolute Gasteiger partial charge is 1.00 e. The van der Waals surface area contributed by atoms with E-state index in [1.54, 1.807) is 44.6 Å². The van der Waals surface area contributed by atoms with Gasteiger partial charge < -0.3 is 42.3 Å². The van der Waals surface area contributed by atoms with Crippen LogP contribution in [0, 0.1) is 0 Å². The second-order valence-corrected chi connectivity index (χ2v) is 28.5. The lowest BCUT2D eigenvalue weighted by molar-refractivity contribution is -0.683. The number of benzene rings is 6. The Hall–Kier alpha value is -8.11. The number of hydrogen-bond acceptors (Lipinski definition) is 9. The van der Waals surface area contributed by atoms with E-state index in [0.717, 1.165) is 88.0 Å². The minimum atomic E-state index is -0.118. The van der Waals surface area contributed by atoms with E-state index in [0.29, 0.717) is 33.7 Å². The third-order valence-corrected chi connectivity index (χ3v) is 16.8. The first kappa shape index (κ1) is 68.3. The summed E-state index contributed by atoms with van der Waals surface area (Å²) in [5.41, 5.74) is 15.7. The van der Waals surface area contributed by atoms with Crippen molar-refractivity contribution in [2.45, 2.75) is 111 Å². The van der Waals surface area contributed by atoms with E-state index >= 15 is 0 Å².